The number of aryl methyl sites for hydroxylation is 1. The largest absolute Gasteiger partial charge is 0.495 e. The smallest absolute Gasteiger partial charge is 0.305 e. The summed E-state index contributed by atoms with van der Waals surface area (Å²) in [5, 5.41) is 12.3. The minimum absolute atomic E-state index is 0.132. The van der Waals surface area contributed by atoms with Crippen molar-refractivity contribution in [3.63, 3.8) is 0 Å². The molecule has 1 amide bonds. The van der Waals surface area contributed by atoms with Crippen LogP contribution in [-0.2, 0) is 20.7 Å². The van der Waals surface area contributed by atoms with Crippen molar-refractivity contribution in [3.05, 3.63) is 28.8 Å². The zero-order valence-corrected chi connectivity index (χ0v) is 13.7. The Hall–Kier alpha value is -1.79. The highest BCUT2D eigenvalue weighted by molar-refractivity contribution is 6.32. The van der Waals surface area contributed by atoms with E-state index in [9.17, 15) is 9.59 Å². The van der Waals surface area contributed by atoms with E-state index in [4.69, 9.17) is 26.2 Å². The third-order valence-corrected chi connectivity index (χ3v) is 4.15. The molecule has 0 aromatic heterocycles. The van der Waals surface area contributed by atoms with Crippen molar-refractivity contribution in [2.45, 2.75) is 31.2 Å². The second kappa shape index (κ2) is 7.66. The Morgan fingerprint density at radius 1 is 1.48 bits per heavy atom. The standard InChI is InChI=1S/C16H20ClNO5/c1-22-13-4-2-11(8-12(13)17)3-5-14(19)18-16(9-15(20)21)6-7-23-10-16/h2,4,8H,3,5-7,9-10H2,1H3,(H,18,19)(H,20,21). The van der Waals surface area contributed by atoms with Gasteiger partial charge in [0.15, 0.2) is 0 Å². The number of carboxylic acids is 1. The molecule has 2 N–H and O–H groups in total. The molecule has 1 atom stereocenters. The lowest BCUT2D eigenvalue weighted by molar-refractivity contribution is -0.139. The average molecular weight is 342 g/mol. The van der Waals surface area contributed by atoms with Crippen LogP contribution < -0.4 is 10.1 Å². The number of aliphatic carboxylic acids is 1. The Morgan fingerprint density at radius 2 is 2.26 bits per heavy atom. The van der Waals surface area contributed by atoms with Crippen LogP contribution in [0.25, 0.3) is 0 Å². The fraction of sp³-hybridized carbons (Fsp3) is 0.500. The Bertz CT molecular complexity index is 584. The molecule has 1 heterocycles. The molecule has 0 bridgehead atoms. The lowest BCUT2D eigenvalue weighted by Gasteiger charge is -2.27. The van der Waals surface area contributed by atoms with Gasteiger partial charge in [-0.25, -0.2) is 0 Å². The van der Waals surface area contributed by atoms with Gasteiger partial charge < -0.3 is 19.9 Å². The summed E-state index contributed by atoms with van der Waals surface area (Å²) < 4.78 is 10.3. The van der Waals surface area contributed by atoms with Gasteiger partial charge in [-0.2, -0.15) is 0 Å². The summed E-state index contributed by atoms with van der Waals surface area (Å²) in [6.07, 6.45) is 1.15. The third-order valence-electron chi connectivity index (χ3n) is 3.85. The van der Waals surface area contributed by atoms with E-state index in [1.165, 1.54) is 0 Å². The number of benzene rings is 1. The summed E-state index contributed by atoms with van der Waals surface area (Å²) >= 11 is 6.05. The summed E-state index contributed by atoms with van der Waals surface area (Å²) in [5.74, 6) is -0.551. The van der Waals surface area contributed by atoms with Gasteiger partial charge in [0.1, 0.15) is 5.75 Å². The number of carbonyl (C=O) groups excluding carboxylic acids is 1. The van der Waals surface area contributed by atoms with Crippen molar-refractivity contribution in [1.82, 2.24) is 5.32 Å². The van der Waals surface area contributed by atoms with Crippen LogP contribution in [0.15, 0.2) is 18.2 Å². The molecule has 0 aliphatic carbocycles. The molecule has 1 aliphatic heterocycles. The highest BCUT2D eigenvalue weighted by Crippen LogP contribution is 2.26. The Kier molecular flexibility index (Phi) is 5.85. The second-order valence-corrected chi connectivity index (χ2v) is 6.08. The predicted molar refractivity (Wildman–Crippen MR) is 84.9 cm³/mol. The summed E-state index contributed by atoms with van der Waals surface area (Å²) in [4.78, 5) is 23.1. The van der Waals surface area contributed by atoms with Crippen LogP contribution in [-0.4, -0.2) is 42.8 Å². The van der Waals surface area contributed by atoms with Crippen molar-refractivity contribution in [2.75, 3.05) is 20.3 Å². The van der Waals surface area contributed by atoms with E-state index in [-0.39, 0.29) is 25.4 Å². The Labute approximate surface area is 139 Å². The minimum Gasteiger partial charge on any atom is -0.495 e. The van der Waals surface area contributed by atoms with Crippen LogP contribution in [0.3, 0.4) is 0 Å². The van der Waals surface area contributed by atoms with Crippen LogP contribution in [0, 0.1) is 0 Å². The normalized spacial score (nSPS) is 20.3. The fourth-order valence-electron chi connectivity index (χ4n) is 2.66. The lowest BCUT2D eigenvalue weighted by atomic mass is 9.94. The predicted octanol–water partition coefficient (Wildman–Crippen LogP) is 2.03. The zero-order valence-electron chi connectivity index (χ0n) is 12.9. The maximum absolute atomic E-state index is 12.1. The number of ether oxygens (including phenoxy) is 2. The van der Waals surface area contributed by atoms with Gasteiger partial charge in [0.05, 0.1) is 30.7 Å². The molecule has 23 heavy (non-hydrogen) atoms. The van der Waals surface area contributed by atoms with Gasteiger partial charge in [-0.3, -0.25) is 9.59 Å². The first-order valence-electron chi connectivity index (χ1n) is 7.37. The van der Waals surface area contributed by atoms with Gasteiger partial charge >= 0.3 is 5.97 Å². The topological polar surface area (TPSA) is 84.9 Å². The number of methoxy groups -OCH3 is 1. The molecule has 0 radical (unpaired) electrons. The van der Waals surface area contributed by atoms with E-state index in [2.05, 4.69) is 5.32 Å². The molecule has 7 heteroatoms. The average Bonchev–Trinajstić information content (AvgIpc) is 2.92. The quantitative estimate of drug-likeness (QED) is 0.792. The molecule has 6 nitrogen and oxygen atoms in total. The summed E-state index contributed by atoms with van der Waals surface area (Å²) in [5.41, 5.74) is 0.126. The first-order valence-corrected chi connectivity index (χ1v) is 7.75. The molecule has 1 aliphatic rings. The zero-order chi connectivity index (χ0) is 16.9. The number of nitrogens with one attached hydrogen (secondary N) is 1. The van der Waals surface area contributed by atoms with Gasteiger partial charge in [-0.05, 0) is 30.5 Å². The molecule has 1 saturated heterocycles. The van der Waals surface area contributed by atoms with E-state index in [0.29, 0.717) is 30.2 Å². The summed E-state index contributed by atoms with van der Waals surface area (Å²) in [6.45, 7) is 0.695. The fourth-order valence-corrected chi connectivity index (χ4v) is 2.94. The molecule has 1 unspecified atom stereocenters. The minimum atomic E-state index is -0.947. The van der Waals surface area contributed by atoms with Gasteiger partial charge in [0.25, 0.3) is 0 Å². The van der Waals surface area contributed by atoms with E-state index < -0.39 is 11.5 Å². The lowest BCUT2D eigenvalue weighted by Crippen LogP contribution is -2.50. The molecule has 126 valence electrons. The number of rotatable bonds is 7. The number of carbonyl (C=O) groups is 2. The molecule has 0 spiro atoms. The Morgan fingerprint density at radius 3 is 2.83 bits per heavy atom. The number of amides is 1. The second-order valence-electron chi connectivity index (χ2n) is 5.67. The highest BCUT2D eigenvalue weighted by Gasteiger charge is 2.38. The molecule has 2 rings (SSSR count). The highest BCUT2D eigenvalue weighted by atomic mass is 35.5. The van der Waals surface area contributed by atoms with Gasteiger partial charge in [0, 0.05) is 13.0 Å². The van der Waals surface area contributed by atoms with E-state index in [1.807, 2.05) is 6.07 Å². The maximum atomic E-state index is 12.1. The first kappa shape index (κ1) is 17.6. The van der Waals surface area contributed by atoms with Crippen LogP contribution in [0.5, 0.6) is 5.75 Å². The van der Waals surface area contributed by atoms with E-state index in [0.717, 1.165) is 5.56 Å². The molecular weight excluding hydrogens is 322 g/mol. The van der Waals surface area contributed by atoms with Crippen LogP contribution in [0.2, 0.25) is 5.02 Å². The number of hydrogen-bond donors (Lipinski definition) is 2. The van der Waals surface area contributed by atoms with Crippen molar-refractivity contribution in [1.29, 1.82) is 0 Å². The summed E-state index contributed by atoms with van der Waals surface area (Å²) in [6, 6.07) is 5.37. The van der Waals surface area contributed by atoms with Crippen molar-refractivity contribution in [3.8, 4) is 5.75 Å². The van der Waals surface area contributed by atoms with Crippen LogP contribution >= 0.6 is 11.6 Å². The van der Waals surface area contributed by atoms with Crippen LogP contribution in [0.4, 0.5) is 0 Å². The van der Waals surface area contributed by atoms with Gasteiger partial charge in [-0.15, -0.1) is 0 Å². The Balaban J connectivity index is 1.91. The molecular formula is C16H20ClNO5. The van der Waals surface area contributed by atoms with Crippen LogP contribution in [0.1, 0.15) is 24.8 Å². The van der Waals surface area contributed by atoms with Gasteiger partial charge in [0.2, 0.25) is 5.91 Å². The monoisotopic (exact) mass is 341 g/mol. The molecule has 1 aromatic carbocycles. The van der Waals surface area contributed by atoms with Gasteiger partial charge in [-0.1, -0.05) is 17.7 Å². The number of halogens is 1. The third kappa shape index (κ3) is 4.84. The number of hydrogen-bond acceptors (Lipinski definition) is 4. The number of carboxylic acid groups (broad SMARTS) is 1. The summed E-state index contributed by atoms with van der Waals surface area (Å²) in [7, 11) is 1.54. The van der Waals surface area contributed by atoms with E-state index >= 15 is 0 Å². The van der Waals surface area contributed by atoms with Crippen molar-refractivity contribution in [2.24, 2.45) is 0 Å². The first-order chi connectivity index (χ1) is 10.9. The molecule has 1 fully saturated rings. The van der Waals surface area contributed by atoms with E-state index in [1.54, 1.807) is 19.2 Å². The van der Waals surface area contributed by atoms with Crippen molar-refractivity contribution >= 4 is 23.5 Å². The molecule has 1 aromatic rings. The molecule has 0 saturated carbocycles. The van der Waals surface area contributed by atoms with Crippen molar-refractivity contribution < 1.29 is 24.2 Å². The SMILES string of the molecule is COc1ccc(CCC(=O)NC2(CC(=O)O)CCOC2)cc1Cl. The maximum Gasteiger partial charge on any atom is 0.305 e.